The van der Waals surface area contributed by atoms with Gasteiger partial charge in [-0.1, -0.05) is 42.5 Å². The molecule has 3 aromatic carbocycles. The van der Waals surface area contributed by atoms with Crippen molar-refractivity contribution in [1.29, 1.82) is 0 Å². The van der Waals surface area contributed by atoms with E-state index in [4.69, 9.17) is 9.15 Å². The Morgan fingerprint density at radius 2 is 1.66 bits per heavy atom. The lowest BCUT2D eigenvalue weighted by molar-refractivity contribution is -0.133. The Balaban J connectivity index is 1.68. The van der Waals surface area contributed by atoms with Crippen LogP contribution < -0.4 is 10.2 Å². The van der Waals surface area contributed by atoms with Crippen LogP contribution in [-0.4, -0.2) is 66.3 Å². The Labute approximate surface area is 220 Å². The second-order valence-electron chi connectivity index (χ2n) is 9.59. The molecule has 0 bridgehead atoms. The minimum atomic E-state index is -0.648. The molecule has 1 unspecified atom stereocenters. The average Bonchev–Trinajstić information content (AvgIpc) is 2.92. The van der Waals surface area contributed by atoms with Crippen molar-refractivity contribution < 1.29 is 24.2 Å². The van der Waals surface area contributed by atoms with E-state index in [-0.39, 0.29) is 40.4 Å². The van der Waals surface area contributed by atoms with E-state index >= 15 is 0 Å². The predicted octanol–water partition coefficient (Wildman–Crippen LogP) is 4.18. The van der Waals surface area contributed by atoms with E-state index in [9.17, 15) is 19.8 Å². The number of amides is 1. The van der Waals surface area contributed by atoms with Crippen LogP contribution in [0, 0.1) is 0 Å². The molecule has 1 aromatic heterocycles. The fraction of sp³-hybridized carbons (Fsp3) is 0.267. The highest BCUT2D eigenvalue weighted by Crippen LogP contribution is 2.43. The Morgan fingerprint density at radius 1 is 0.974 bits per heavy atom. The molecule has 8 nitrogen and oxygen atoms in total. The third-order valence-corrected chi connectivity index (χ3v) is 7.16. The molecule has 5 rings (SSSR count). The van der Waals surface area contributed by atoms with Gasteiger partial charge in [0.25, 0.3) is 0 Å². The molecular formula is C30H30N2O6. The zero-order valence-corrected chi connectivity index (χ0v) is 21.4. The van der Waals surface area contributed by atoms with Crippen LogP contribution in [0.1, 0.15) is 23.5 Å². The molecule has 1 aliphatic rings. The molecule has 1 saturated heterocycles. The van der Waals surface area contributed by atoms with Crippen molar-refractivity contribution in [1.82, 2.24) is 9.80 Å². The summed E-state index contributed by atoms with van der Waals surface area (Å²) in [6, 6.07) is 18.8. The lowest BCUT2D eigenvalue weighted by Crippen LogP contribution is -2.47. The van der Waals surface area contributed by atoms with E-state index in [1.165, 1.54) is 6.07 Å². The number of aromatic hydroxyl groups is 2. The number of benzene rings is 3. The fourth-order valence-corrected chi connectivity index (χ4v) is 4.99. The van der Waals surface area contributed by atoms with Gasteiger partial charge in [-0.15, -0.1) is 0 Å². The molecule has 1 amide bonds. The molecule has 0 saturated carbocycles. The maximum absolute atomic E-state index is 13.5. The second-order valence-corrected chi connectivity index (χ2v) is 9.59. The van der Waals surface area contributed by atoms with Gasteiger partial charge in [0.15, 0.2) is 5.43 Å². The number of fused-ring (bicyclic) bond motifs is 1. The van der Waals surface area contributed by atoms with Crippen molar-refractivity contribution >= 4 is 16.9 Å². The summed E-state index contributed by atoms with van der Waals surface area (Å²) in [5.74, 6) is -0.404. The van der Waals surface area contributed by atoms with Gasteiger partial charge in [0, 0.05) is 61.8 Å². The zero-order chi connectivity index (χ0) is 26.8. The van der Waals surface area contributed by atoms with Gasteiger partial charge in [0.2, 0.25) is 5.91 Å². The molecule has 38 heavy (non-hydrogen) atoms. The number of rotatable bonds is 6. The molecule has 1 aliphatic heterocycles. The topological polar surface area (TPSA) is 103 Å². The van der Waals surface area contributed by atoms with Crippen LogP contribution in [0.25, 0.3) is 22.3 Å². The number of methoxy groups -OCH3 is 1. The summed E-state index contributed by atoms with van der Waals surface area (Å²) in [5.41, 5.74) is 1.31. The normalized spacial score (nSPS) is 14.9. The van der Waals surface area contributed by atoms with Crippen LogP contribution >= 0.6 is 0 Å². The first-order chi connectivity index (χ1) is 18.4. The van der Waals surface area contributed by atoms with Gasteiger partial charge in [-0.3, -0.25) is 9.59 Å². The molecule has 4 aromatic rings. The van der Waals surface area contributed by atoms with Crippen molar-refractivity contribution in [2.75, 3.05) is 40.3 Å². The van der Waals surface area contributed by atoms with Gasteiger partial charge in [0.05, 0.1) is 7.11 Å². The molecule has 0 spiro atoms. The van der Waals surface area contributed by atoms with Gasteiger partial charge in [-0.2, -0.15) is 0 Å². The molecule has 2 heterocycles. The summed E-state index contributed by atoms with van der Waals surface area (Å²) in [6.45, 7) is 2.78. The van der Waals surface area contributed by atoms with E-state index in [1.807, 2.05) is 54.4 Å². The van der Waals surface area contributed by atoms with Gasteiger partial charge < -0.3 is 29.2 Å². The van der Waals surface area contributed by atoms with Crippen molar-refractivity contribution in [3.05, 3.63) is 88.1 Å². The lowest BCUT2D eigenvalue weighted by atomic mass is 9.86. The maximum Gasteiger partial charge on any atom is 0.223 e. The van der Waals surface area contributed by atoms with Crippen molar-refractivity contribution in [2.24, 2.45) is 0 Å². The van der Waals surface area contributed by atoms with Crippen molar-refractivity contribution in [3.63, 3.8) is 0 Å². The van der Waals surface area contributed by atoms with E-state index in [1.54, 1.807) is 19.2 Å². The lowest BCUT2D eigenvalue weighted by Gasteiger charge is -2.33. The smallest absolute Gasteiger partial charge is 0.223 e. The van der Waals surface area contributed by atoms with Crippen LogP contribution in [0.4, 0.5) is 0 Å². The highest BCUT2D eigenvalue weighted by Gasteiger charge is 2.30. The highest BCUT2D eigenvalue weighted by atomic mass is 16.5. The number of nitrogens with zero attached hydrogens (tertiary/aromatic N) is 2. The fourth-order valence-electron chi connectivity index (χ4n) is 4.99. The van der Waals surface area contributed by atoms with E-state index in [0.29, 0.717) is 30.2 Å². The van der Waals surface area contributed by atoms with Gasteiger partial charge >= 0.3 is 0 Å². The van der Waals surface area contributed by atoms with E-state index in [2.05, 4.69) is 4.90 Å². The van der Waals surface area contributed by atoms with Gasteiger partial charge in [-0.25, -0.2) is 0 Å². The summed E-state index contributed by atoms with van der Waals surface area (Å²) >= 11 is 0. The number of carbonyl (C=O) groups excluding carboxylic acids is 1. The largest absolute Gasteiger partial charge is 0.507 e. The number of hydrogen-bond acceptors (Lipinski definition) is 7. The molecule has 1 atom stereocenters. The number of ether oxygens (including phenoxy) is 1. The predicted molar refractivity (Wildman–Crippen MR) is 145 cm³/mol. The number of carbonyl (C=O) groups is 1. The molecule has 196 valence electrons. The van der Waals surface area contributed by atoms with Crippen LogP contribution in [0.2, 0.25) is 0 Å². The van der Waals surface area contributed by atoms with Crippen LogP contribution in [0.3, 0.4) is 0 Å². The highest BCUT2D eigenvalue weighted by molar-refractivity contribution is 5.91. The Kier molecular flexibility index (Phi) is 7.07. The first kappa shape index (κ1) is 25.4. The first-order valence-electron chi connectivity index (χ1n) is 12.5. The average molecular weight is 515 g/mol. The Bertz CT molecular complexity index is 1510. The molecule has 0 aliphatic carbocycles. The summed E-state index contributed by atoms with van der Waals surface area (Å²) in [6.07, 6.45) is 0.0444. The van der Waals surface area contributed by atoms with Crippen molar-refractivity contribution in [3.8, 4) is 28.6 Å². The molecule has 8 heteroatoms. The van der Waals surface area contributed by atoms with Crippen LogP contribution in [-0.2, 0) is 4.79 Å². The Morgan fingerprint density at radius 3 is 2.32 bits per heavy atom. The number of phenols is 2. The standard InChI is InChI=1S/C30H30N2O6/c1-31-12-14-32(15-13-31)27(36)16-22(19-8-10-21(37-2)11-9-19)28-23(33)17-24(34)29-25(35)18-26(38-30(28)29)20-6-4-3-5-7-20/h3-11,17-18,22,33-34H,12-16H2,1-2H3. The van der Waals surface area contributed by atoms with Gasteiger partial charge in [0.1, 0.15) is 34.0 Å². The minimum Gasteiger partial charge on any atom is -0.507 e. The molecule has 0 radical (unpaired) electrons. The zero-order valence-electron chi connectivity index (χ0n) is 21.4. The summed E-state index contributed by atoms with van der Waals surface area (Å²) in [4.78, 5) is 30.7. The van der Waals surface area contributed by atoms with Crippen molar-refractivity contribution in [2.45, 2.75) is 12.3 Å². The summed E-state index contributed by atoms with van der Waals surface area (Å²) in [5, 5.41) is 21.7. The molecule has 2 N–H and O–H groups in total. The Hall–Kier alpha value is -4.30. The van der Waals surface area contributed by atoms with E-state index in [0.717, 1.165) is 24.7 Å². The molecule has 1 fully saturated rings. The monoisotopic (exact) mass is 514 g/mol. The summed E-state index contributed by atoms with van der Waals surface area (Å²) in [7, 11) is 3.59. The number of likely N-dealkylation sites (N-methyl/N-ethyl adjacent to an activating group) is 1. The first-order valence-corrected chi connectivity index (χ1v) is 12.5. The second kappa shape index (κ2) is 10.6. The van der Waals surface area contributed by atoms with Crippen LogP contribution in [0.5, 0.6) is 17.2 Å². The third-order valence-electron chi connectivity index (χ3n) is 7.16. The third kappa shape index (κ3) is 4.95. The SMILES string of the molecule is COc1ccc(C(CC(=O)N2CCN(C)CC2)c2c(O)cc(O)c3c(=O)cc(-c4ccccc4)oc23)cc1. The number of piperazine rings is 1. The van der Waals surface area contributed by atoms with Crippen LogP contribution in [0.15, 0.2) is 75.9 Å². The van der Waals surface area contributed by atoms with E-state index < -0.39 is 11.3 Å². The van der Waals surface area contributed by atoms with Gasteiger partial charge in [-0.05, 0) is 24.7 Å². The minimum absolute atomic E-state index is 0.0389. The maximum atomic E-state index is 13.5. The quantitative estimate of drug-likeness (QED) is 0.398. The molecular weight excluding hydrogens is 484 g/mol. The summed E-state index contributed by atoms with van der Waals surface area (Å²) < 4.78 is 11.5. The number of hydrogen-bond donors (Lipinski definition) is 2. The number of phenolic OH excluding ortho intramolecular Hbond substituents is 2.